The number of benzene rings is 4. The fourth-order valence-electron chi connectivity index (χ4n) is 7.07. The first kappa shape index (κ1) is 27.2. The highest BCUT2D eigenvalue weighted by Crippen LogP contribution is 2.58. The largest absolute Gasteiger partial charge is 0.493 e. The van der Waals surface area contributed by atoms with E-state index in [0.717, 1.165) is 15.7 Å². The Labute approximate surface area is 257 Å². The molecule has 0 radical (unpaired) electrons. The molecule has 3 aliphatic rings. The molecule has 0 unspecified atom stereocenters. The lowest BCUT2D eigenvalue weighted by Crippen LogP contribution is -2.51. The summed E-state index contributed by atoms with van der Waals surface area (Å²) in [6.07, 6.45) is 3.95. The van der Waals surface area contributed by atoms with Crippen LogP contribution in [0.1, 0.15) is 31.8 Å². The smallest absolute Gasteiger partial charge is 0.238 e. The van der Waals surface area contributed by atoms with Gasteiger partial charge in [0.25, 0.3) is 0 Å². The molecule has 1 fully saturated rings. The zero-order valence-electron chi connectivity index (χ0n) is 23.4. The van der Waals surface area contributed by atoms with Crippen LogP contribution in [0.25, 0.3) is 6.08 Å². The number of hydrogen-bond donors (Lipinski definition) is 1. The molecule has 3 heterocycles. The minimum atomic E-state index is -1.37. The number of Topliss-reactive ketones (excluding diaryl/α,β-unsaturated/α-hetero) is 2. The van der Waals surface area contributed by atoms with Crippen LogP contribution in [0.2, 0.25) is 0 Å². The van der Waals surface area contributed by atoms with Gasteiger partial charge >= 0.3 is 0 Å². The van der Waals surface area contributed by atoms with E-state index in [2.05, 4.69) is 21.2 Å². The average Bonchev–Trinajstić information content (AvgIpc) is 3.52. The van der Waals surface area contributed by atoms with Gasteiger partial charge in [-0.05, 0) is 53.6 Å². The normalized spacial score (nSPS) is 22.9. The van der Waals surface area contributed by atoms with Crippen LogP contribution >= 0.6 is 15.9 Å². The molecular weight excluding hydrogens is 608 g/mol. The van der Waals surface area contributed by atoms with Crippen molar-refractivity contribution in [2.24, 2.45) is 5.92 Å². The quantitative estimate of drug-likeness (QED) is 0.250. The Morgan fingerprint density at radius 1 is 0.837 bits per heavy atom. The summed E-state index contributed by atoms with van der Waals surface area (Å²) in [6.45, 7) is 0. The molecular formula is C35H27BrN2O5. The third kappa shape index (κ3) is 3.89. The number of anilines is 2. The van der Waals surface area contributed by atoms with Gasteiger partial charge in [0, 0.05) is 27.0 Å². The summed E-state index contributed by atoms with van der Waals surface area (Å²) < 4.78 is 11.8. The van der Waals surface area contributed by atoms with Crippen LogP contribution in [0.15, 0.2) is 102 Å². The third-order valence-corrected chi connectivity index (χ3v) is 9.42. The lowest BCUT2D eigenvalue weighted by molar-refractivity contribution is -0.121. The van der Waals surface area contributed by atoms with Crippen LogP contribution < -0.4 is 19.7 Å². The molecule has 3 aliphatic heterocycles. The van der Waals surface area contributed by atoms with Crippen LogP contribution in [0.5, 0.6) is 11.5 Å². The summed E-state index contributed by atoms with van der Waals surface area (Å²) in [5, 5.41) is 3.06. The molecule has 0 bridgehead atoms. The number of para-hydroxylation sites is 2. The Kier molecular flexibility index (Phi) is 6.47. The molecule has 1 amide bonds. The summed E-state index contributed by atoms with van der Waals surface area (Å²) in [5.74, 6) is -1.04. The molecule has 7 rings (SSSR count). The maximum atomic E-state index is 14.9. The molecule has 8 heteroatoms. The van der Waals surface area contributed by atoms with E-state index in [-0.39, 0.29) is 17.5 Å². The third-order valence-electron chi connectivity index (χ3n) is 8.89. The minimum Gasteiger partial charge on any atom is -0.493 e. The zero-order valence-corrected chi connectivity index (χ0v) is 25.0. The van der Waals surface area contributed by atoms with E-state index in [1.807, 2.05) is 65.6 Å². The highest BCUT2D eigenvalue weighted by molar-refractivity contribution is 9.10. The Balaban J connectivity index is 1.52. The van der Waals surface area contributed by atoms with Crippen molar-refractivity contribution in [3.8, 4) is 11.5 Å². The Hall–Kier alpha value is -4.69. The van der Waals surface area contributed by atoms with Crippen molar-refractivity contribution >= 4 is 50.9 Å². The van der Waals surface area contributed by atoms with Crippen LogP contribution in [0.4, 0.5) is 11.4 Å². The molecule has 4 aromatic carbocycles. The van der Waals surface area contributed by atoms with Gasteiger partial charge in [-0.1, -0.05) is 76.6 Å². The number of carbonyl (C=O) groups excluding carboxylic acids is 3. The van der Waals surface area contributed by atoms with Crippen LogP contribution in [0, 0.1) is 5.92 Å². The van der Waals surface area contributed by atoms with Crippen LogP contribution in [0.3, 0.4) is 0 Å². The number of methoxy groups -OCH3 is 2. The second-order valence-electron chi connectivity index (χ2n) is 10.9. The number of fused-ring (bicyclic) bond motifs is 6. The number of hydrogen-bond acceptors (Lipinski definition) is 6. The molecule has 0 aliphatic carbocycles. The van der Waals surface area contributed by atoms with Gasteiger partial charge in [-0.2, -0.15) is 0 Å². The Morgan fingerprint density at radius 3 is 2.30 bits per heavy atom. The molecule has 4 aromatic rings. The van der Waals surface area contributed by atoms with Crippen molar-refractivity contribution in [1.82, 2.24) is 0 Å². The van der Waals surface area contributed by atoms with Crippen molar-refractivity contribution < 1.29 is 23.9 Å². The maximum absolute atomic E-state index is 14.9. The first-order valence-corrected chi connectivity index (χ1v) is 14.7. The molecule has 43 heavy (non-hydrogen) atoms. The number of rotatable bonds is 6. The predicted octanol–water partition coefficient (Wildman–Crippen LogP) is 6.32. The Morgan fingerprint density at radius 2 is 1.53 bits per heavy atom. The van der Waals surface area contributed by atoms with Crippen LogP contribution in [-0.2, 0) is 10.2 Å². The van der Waals surface area contributed by atoms with Crippen molar-refractivity contribution in [2.75, 3.05) is 24.4 Å². The van der Waals surface area contributed by atoms with E-state index >= 15 is 0 Å². The predicted molar refractivity (Wildman–Crippen MR) is 168 cm³/mol. The molecule has 214 valence electrons. The number of carbonyl (C=O) groups is 3. The van der Waals surface area contributed by atoms with E-state index in [1.165, 1.54) is 14.2 Å². The van der Waals surface area contributed by atoms with Gasteiger partial charge in [0.15, 0.2) is 23.1 Å². The van der Waals surface area contributed by atoms with E-state index in [0.29, 0.717) is 33.9 Å². The summed E-state index contributed by atoms with van der Waals surface area (Å²) in [4.78, 5) is 46.2. The van der Waals surface area contributed by atoms with Crippen molar-refractivity contribution in [3.63, 3.8) is 0 Å². The number of ether oxygens (including phenoxy) is 2. The second-order valence-corrected chi connectivity index (χ2v) is 11.8. The van der Waals surface area contributed by atoms with Gasteiger partial charge in [-0.3, -0.25) is 14.4 Å². The topological polar surface area (TPSA) is 84.9 Å². The summed E-state index contributed by atoms with van der Waals surface area (Å²) in [5.41, 5.74) is 2.45. The van der Waals surface area contributed by atoms with Crippen molar-refractivity contribution in [3.05, 3.63) is 124 Å². The molecule has 0 saturated carbocycles. The van der Waals surface area contributed by atoms with Gasteiger partial charge in [-0.25, -0.2) is 0 Å². The molecule has 0 aromatic heterocycles. The van der Waals surface area contributed by atoms with E-state index in [4.69, 9.17) is 9.47 Å². The monoisotopic (exact) mass is 634 g/mol. The summed E-state index contributed by atoms with van der Waals surface area (Å²) in [7, 11) is 3.04. The zero-order chi connectivity index (χ0) is 29.9. The first-order valence-electron chi connectivity index (χ1n) is 13.9. The van der Waals surface area contributed by atoms with Gasteiger partial charge in [0.1, 0.15) is 11.5 Å². The average molecular weight is 636 g/mol. The maximum Gasteiger partial charge on any atom is 0.238 e. The molecule has 1 N–H and O–H groups in total. The van der Waals surface area contributed by atoms with E-state index < -0.39 is 23.4 Å². The molecule has 4 atom stereocenters. The minimum absolute atomic E-state index is 0.279. The first-order chi connectivity index (χ1) is 20.9. The summed E-state index contributed by atoms with van der Waals surface area (Å²) in [6, 6.07) is 25.7. The number of nitrogens with zero attached hydrogens (tertiary/aromatic N) is 1. The SMILES string of the molecule is COc1ccc(C(=O)[C@@H]2[C@H](C(=O)c3ccc(Br)cc3)[C@@]3(C(=O)Nc4ccccc43)[C@@H]3C=Cc4ccccc4N23)cc1OC. The number of ketones is 2. The molecule has 1 spiro atoms. The fraction of sp³-hybridized carbons (Fsp3) is 0.171. The van der Waals surface area contributed by atoms with Gasteiger partial charge in [-0.15, -0.1) is 0 Å². The highest BCUT2D eigenvalue weighted by atomic mass is 79.9. The second kappa shape index (κ2) is 10.2. The molecule has 1 saturated heterocycles. The lowest BCUT2D eigenvalue weighted by atomic mass is 9.64. The number of amides is 1. The van der Waals surface area contributed by atoms with E-state index in [1.54, 1.807) is 42.5 Å². The highest BCUT2D eigenvalue weighted by Gasteiger charge is 2.70. The number of nitrogens with one attached hydrogen (secondary N) is 1. The van der Waals surface area contributed by atoms with Gasteiger partial charge in [0.05, 0.1) is 26.2 Å². The van der Waals surface area contributed by atoms with E-state index in [9.17, 15) is 14.4 Å². The van der Waals surface area contributed by atoms with Crippen molar-refractivity contribution in [2.45, 2.75) is 17.5 Å². The molecule has 7 nitrogen and oxygen atoms in total. The Bertz CT molecular complexity index is 1830. The number of halogens is 1. The van der Waals surface area contributed by atoms with Crippen LogP contribution in [-0.4, -0.2) is 43.8 Å². The van der Waals surface area contributed by atoms with Crippen molar-refractivity contribution in [1.29, 1.82) is 0 Å². The van der Waals surface area contributed by atoms with Gasteiger partial charge in [0.2, 0.25) is 5.91 Å². The van der Waals surface area contributed by atoms with Gasteiger partial charge < -0.3 is 19.7 Å². The summed E-state index contributed by atoms with van der Waals surface area (Å²) >= 11 is 3.46. The standard InChI is InChI=1S/C35H27BrN2O5/c1-42-27-17-13-22(19-28(27)43-2)33(40)31-30(32(39)21-11-15-23(36)16-12-21)35(24-8-4-5-9-25(24)37-34(35)41)29-18-14-20-7-3-6-10-26(20)38(29)31/h3-19,29-31H,1-2H3,(H,37,41)/t29-,30+,31-,35-/m0/s1. The fourth-order valence-corrected chi connectivity index (χ4v) is 7.34. The lowest BCUT2D eigenvalue weighted by Gasteiger charge is -2.37.